The van der Waals surface area contributed by atoms with Gasteiger partial charge in [-0.1, -0.05) is 82.3 Å². The Morgan fingerprint density at radius 3 is 1.60 bits per heavy atom. The summed E-state index contributed by atoms with van der Waals surface area (Å²) >= 11 is 28.9. The molecule has 0 radical (unpaired) electrons. The fourth-order valence-electron chi connectivity index (χ4n) is 4.91. The quantitative estimate of drug-likeness (QED) is 0.0460. The summed E-state index contributed by atoms with van der Waals surface area (Å²) in [5.74, 6) is 0. The number of anilines is 3. The molecule has 60 heavy (non-hydrogen) atoms. The van der Waals surface area contributed by atoms with Gasteiger partial charge in [-0.05, 0) is 94.7 Å². The number of halogens is 5. The van der Waals surface area contributed by atoms with Gasteiger partial charge in [-0.25, -0.2) is 4.79 Å². The Balaban J connectivity index is 0.000000200. The number of nitrogens with zero attached hydrogens (tertiary/aromatic N) is 3. The average Bonchev–Trinajstić information content (AvgIpc) is 3.99. The monoisotopic (exact) mass is 928 g/mol. The van der Waals surface area contributed by atoms with E-state index in [2.05, 4.69) is 15.6 Å². The van der Waals surface area contributed by atoms with Crippen molar-refractivity contribution in [3.8, 4) is 0 Å². The summed E-state index contributed by atoms with van der Waals surface area (Å²) in [5, 5.41) is 43.8. The van der Waals surface area contributed by atoms with Crippen molar-refractivity contribution in [1.29, 1.82) is 0 Å². The highest BCUT2D eigenvalue weighted by Crippen LogP contribution is 2.38. The van der Waals surface area contributed by atoms with Crippen molar-refractivity contribution in [3.05, 3.63) is 129 Å². The Bertz CT molecular complexity index is 2210. The molecule has 0 unspecified atom stereocenters. The summed E-state index contributed by atoms with van der Waals surface area (Å²) < 4.78 is 1.78. The van der Waals surface area contributed by atoms with Crippen molar-refractivity contribution < 1.29 is 20.1 Å². The predicted octanol–water partition coefficient (Wildman–Crippen LogP) is 10.3. The van der Waals surface area contributed by atoms with E-state index in [1.54, 1.807) is 23.6 Å². The molecule has 5 aromatic rings. The number of hydrogen-bond donors (Lipinski definition) is 7. The number of hydrogen-bond acceptors (Lipinski definition) is 11. The van der Waals surface area contributed by atoms with Gasteiger partial charge in [0.15, 0.2) is 0 Å². The zero-order chi connectivity index (χ0) is 44.5. The van der Waals surface area contributed by atoms with Gasteiger partial charge >= 0.3 is 5.69 Å². The van der Waals surface area contributed by atoms with Crippen molar-refractivity contribution in [2.75, 3.05) is 30.1 Å². The van der Waals surface area contributed by atoms with E-state index in [0.29, 0.717) is 44.9 Å². The zero-order valence-corrected chi connectivity index (χ0v) is 36.7. The van der Waals surface area contributed by atoms with E-state index in [0.717, 1.165) is 55.2 Å². The molecule has 4 saturated carbocycles. The molecular formula is C40H49Cl5N8O7. The summed E-state index contributed by atoms with van der Waals surface area (Å²) in [5.41, 5.74) is 14.5. The van der Waals surface area contributed by atoms with Crippen LogP contribution in [-0.4, -0.2) is 61.5 Å². The van der Waals surface area contributed by atoms with Crippen LogP contribution in [0.3, 0.4) is 0 Å². The van der Waals surface area contributed by atoms with Crippen LogP contribution in [0.15, 0.2) is 77.6 Å². The smallest absolute Gasteiger partial charge is 0.326 e. The normalized spacial score (nSPS) is 14.5. The van der Waals surface area contributed by atoms with E-state index in [1.807, 2.05) is 36.4 Å². The molecule has 9 rings (SSSR count). The molecule has 0 aliphatic heterocycles. The van der Waals surface area contributed by atoms with Crippen LogP contribution < -0.4 is 27.8 Å². The van der Waals surface area contributed by atoms with Crippen LogP contribution in [-0.2, 0) is 0 Å². The standard InChI is InChI=1S/C10H9ClN2O.C9H9ClN2O2.C9H11ClN2.C6H3Cl2NO2.C3H7N.C2H6O.CH4O/c11-7-2-1-3-8-9(7)13(6-4-5-6)10(14)12-8;10-7-2-1-3-8(12(13)14)9(7)11-6-4-5-6;10-7-2-1-3-8(11)9(7)12-6-4-5-6;7-4-2-1-3-5(6(4)8)9(10)11;4-3-1-2-3;1-2-3;1-2/h1-3,6H,4-5H2,(H,12,14);1-3,6,11H,4-5H2;1-3,6,12H,4-5,11H2;1-3H;3H,1-2,4H2;3H,2H2,1H3;2H,1H3. The maximum atomic E-state index is 11.6. The van der Waals surface area contributed by atoms with Crippen molar-refractivity contribution in [3.63, 3.8) is 0 Å². The number of aliphatic hydroxyl groups is 2. The minimum atomic E-state index is -0.575. The summed E-state index contributed by atoms with van der Waals surface area (Å²) in [6.07, 6.45) is 9.26. The van der Waals surface area contributed by atoms with Gasteiger partial charge in [-0.15, -0.1) is 0 Å². The van der Waals surface area contributed by atoms with Gasteiger partial charge < -0.3 is 37.3 Å². The van der Waals surface area contributed by atoms with Crippen molar-refractivity contribution in [1.82, 2.24) is 9.55 Å². The highest BCUT2D eigenvalue weighted by atomic mass is 35.5. The lowest BCUT2D eigenvalue weighted by molar-refractivity contribution is -0.384. The van der Waals surface area contributed by atoms with E-state index in [9.17, 15) is 25.0 Å². The predicted molar refractivity (Wildman–Crippen MR) is 244 cm³/mol. The third-order valence-corrected chi connectivity index (χ3v) is 10.2. The van der Waals surface area contributed by atoms with Crippen LogP contribution in [0.1, 0.15) is 64.3 Å². The van der Waals surface area contributed by atoms with Crippen molar-refractivity contribution >= 4 is 97.5 Å². The van der Waals surface area contributed by atoms with Crippen LogP contribution in [0.4, 0.5) is 28.4 Å². The SMILES string of the molecule is CCO.CO.NC1CC1.Nc1cccc(Cl)c1NC1CC1.O=[N+]([O-])c1cccc(Cl)c1Cl.O=[N+]([O-])c1cccc(Cl)c1NC1CC1.O=c1[nH]c2cccc(Cl)c2n1C1CC1. The minimum Gasteiger partial charge on any atom is -0.400 e. The van der Waals surface area contributed by atoms with Gasteiger partial charge in [0, 0.05) is 50.0 Å². The highest BCUT2D eigenvalue weighted by Gasteiger charge is 2.28. The second-order valence-corrected chi connectivity index (χ2v) is 15.6. The molecule has 4 fully saturated rings. The first-order valence-corrected chi connectivity index (χ1v) is 20.8. The second kappa shape index (κ2) is 24.8. The molecule has 4 aliphatic rings. The van der Waals surface area contributed by atoms with Crippen LogP contribution in [0.5, 0.6) is 0 Å². The van der Waals surface area contributed by atoms with Crippen LogP contribution >= 0.6 is 58.0 Å². The number of aliphatic hydroxyl groups excluding tert-OH is 2. The number of fused-ring (bicyclic) bond motifs is 1. The number of imidazole rings is 1. The lowest BCUT2D eigenvalue weighted by Gasteiger charge is -2.09. The van der Waals surface area contributed by atoms with Crippen molar-refractivity contribution in [2.45, 2.75) is 82.5 Å². The number of nitro benzene ring substituents is 2. The molecule has 4 aliphatic carbocycles. The molecule has 0 atom stereocenters. The summed E-state index contributed by atoms with van der Waals surface area (Å²) in [6.45, 7) is 1.93. The summed E-state index contributed by atoms with van der Waals surface area (Å²) in [7, 11) is 1.00. The lowest BCUT2D eigenvalue weighted by Crippen LogP contribution is -2.15. The Kier molecular flexibility index (Phi) is 20.7. The topological polar surface area (TPSA) is 241 Å². The summed E-state index contributed by atoms with van der Waals surface area (Å²) in [6, 6.07) is 22.0. The molecule has 15 nitrogen and oxygen atoms in total. The molecule has 1 aromatic heterocycles. The fourth-order valence-corrected chi connectivity index (χ4v) is 6.00. The molecule has 0 bridgehead atoms. The third-order valence-electron chi connectivity index (χ3n) is 8.44. The van der Waals surface area contributed by atoms with Gasteiger partial charge in [0.05, 0.1) is 52.3 Å². The Hall–Kier alpha value is -4.32. The van der Waals surface area contributed by atoms with Crippen LogP contribution in [0.25, 0.3) is 11.0 Å². The number of nitrogens with two attached hydrogens (primary N) is 2. The second-order valence-electron chi connectivity index (χ2n) is 13.6. The molecule has 1 heterocycles. The average molecular weight is 931 g/mol. The number of para-hydroxylation sites is 3. The molecule has 4 aromatic carbocycles. The number of nitrogens with one attached hydrogen (secondary N) is 3. The van der Waals surface area contributed by atoms with E-state index < -0.39 is 9.85 Å². The first-order chi connectivity index (χ1) is 28.7. The molecule has 9 N–H and O–H groups in total. The maximum absolute atomic E-state index is 11.6. The third kappa shape index (κ3) is 16.3. The highest BCUT2D eigenvalue weighted by molar-refractivity contribution is 6.43. The number of rotatable bonds is 7. The number of H-pyrrole nitrogens is 1. The zero-order valence-electron chi connectivity index (χ0n) is 32.9. The first-order valence-electron chi connectivity index (χ1n) is 18.9. The van der Waals surface area contributed by atoms with Gasteiger partial charge in [0.25, 0.3) is 11.4 Å². The number of aromatic nitrogens is 2. The number of benzene rings is 4. The number of nitrogen functional groups attached to an aromatic ring is 1. The number of nitro groups is 2. The fraction of sp³-hybridized carbons (Fsp3) is 0.375. The Morgan fingerprint density at radius 2 is 1.15 bits per heavy atom. The molecule has 326 valence electrons. The van der Waals surface area contributed by atoms with Crippen molar-refractivity contribution in [2.24, 2.45) is 5.73 Å². The van der Waals surface area contributed by atoms with E-state index >= 15 is 0 Å². The lowest BCUT2D eigenvalue weighted by atomic mass is 10.2. The number of aromatic amines is 1. The van der Waals surface area contributed by atoms with E-state index in [-0.39, 0.29) is 33.7 Å². The van der Waals surface area contributed by atoms with E-state index in [4.69, 9.17) is 79.7 Å². The maximum Gasteiger partial charge on any atom is 0.326 e. The molecule has 0 amide bonds. The Morgan fingerprint density at radius 1 is 0.717 bits per heavy atom. The first kappa shape index (κ1) is 50.0. The molecule has 20 heteroatoms. The van der Waals surface area contributed by atoms with Gasteiger partial charge in [0.1, 0.15) is 10.7 Å². The van der Waals surface area contributed by atoms with Gasteiger partial charge in [-0.3, -0.25) is 24.8 Å². The van der Waals surface area contributed by atoms with Gasteiger partial charge in [0.2, 0.25) is 0 Å². The van der Waals surface area contributed by atoms with Crippen LogP contribution in [0, 0.1) is 20.2 Å². The molecule has 0 saturated heterocycles. The largest absolute Gasteiger partial charge is 0.400 e. The molecular weight excluding hydrogens is 882 g/mol. The van der Waals surface area contributed by atoms with Gasteiger partial charge in [-0.2, -0.15) is 0 Å². The molecule has 0 spiro atoms. The summed E-state index contributed by atoms with van der Waals surface area (Å²) in [4.78, 5) is 34.4. The van der Waals surface area contributed by atoms with Crippen LogP contribution in [0.2, 0.25) is 25.1 Å². The minimum absolute atomic E-state index is 0.0147. The van der Waals surface area contributed by atoms with E-state index in [1.165, 1.54) is 49.9 Å². The Labute approximate surface area is 372 Å².